The van der Waals surface area contributed by atoms with Crippen LogP contribution < -0.4 is 61.6 Å². The van der Waals surface area contributed by atoms with Gasteiger partial charge < -0.3 is 17.7 Å². The first kappa shape index (κ1) is 16.9. The summed E-state index contributed by atoms with van der Waals surface area (Å²) in [7, 11) is 0. The first-order chi connectivity index (χ1) is 8.39. The van der Waals surface area contributed by atoms with Crippen LogP contribution in [0.1, 0.15) is 0 Å². The molecule has 0 aliphatic carbocycles. The summed E-state index contributed by atoms with van der Waals surface area (Å²) in [5.74, 6) is -0.837. The Labute approximate surface area is 148 Å². The monoisotopic (exact) mass is 300 g/mol. The molecule has 2 aromatic rings. The predicted molar refractivity (Wildman–Crippen MR) is 59.3 cm³/mol. The summed E-state index contributed by atoms with van der Waals surface area (Å²) in [6, 6.07) is 7.94. The third-order valence-corrected chi connectivity index (χ3v) is 2.47. The van der Waals surface area contributed by atoms with E-state index in [1.54, 1.807) is 6.07 Å². The molecule has 19 heavy (non-hydrogen) atoms. The largest absolute Gasteiger partial charge is 1.00 e. The van der Waals surface area contributed by atoms with E-state index >= 15 is 0 Å². The Bertz CT molecular complexity index is 573. The molecule has 96 valence electrons. The van der Waals surface area contributed by atoms with Gasteiger partial charge in [0.1, 0.15) is 0 Å². The summed E-state index contributed by atoms with van der Waals surface area (Å²) in [6.07, 6.45) is 0. The molecule has 0 N–H and O–H groups in total. The quantitative estimate of drug-likeness (QED) is 0.592. The van der Waals surface area contributed by atoms with Crippen LogP contribution in [0.3, 0.4) is 0 Å². The van der Waals surface area contributed by atoms with Gasteiger partial charge in [-0.05, 0) is 16.8 Å². The number of halogens is 5. The Kier molecular flexibility index (Phi) is 5.81. The predicted octanol–water partition coefficient (Wildman–Crippen LogP) is 0.500. The third kappa shape index (κ3) is 3.91. The van der Waals surface area contributed by atoms with Crippen LogP contribution in [0.5, 0.6) is 5.75 Å². The van der Waals surface area contributed by atoms with Crippen LogP contribution in [0.25, 0.3) is 10.8 Å². The van der Waals surface area contributed by atoms with Gasteiger partial charge in [-0.3, -0.25) is 0 Å². The molecule has 0 radical (unpaired) electrons. The summed E-state index contributed by atoms with van der Waals surface area (Å²) in [5, 5.41) is 0.191. The van der Waals surface area contributed by atoms with Crippen LogP contribution in [0.15, 0.2) is 36.4 Å². The maximum Gasteiger partial charge on any atom is 1.00 e. The zero-order valence-corrected chi connectivity index (χ0v) is 13.0. The molecule has 1 nitrogen and oxygen atoms in total. The number of alkyl halides is 2. The second kappa shape index (κ2) is 6.54. The summed E-state index contributed by atoms with van der Waals surface area (Å²) < 4.78 is 67.1. The van der Waals surface area contributed by atoms with Crippen LogP contribution in [-0.4, -0.2) is 13.6 Å². The maximum absolute atomic E-state index is 13.0. The summed E-state index contributed by atoms with van der Waals surface area (Å²) in [6.45, 7) is -8.73. The number of benzene rings is 2. The molecule has 0 bridgehead atoms. The minimum absolute atomic E-state index is 0. The zero-order chi connectivity index (χ0) is 13.3. The molecule has 8 heteroatoms. The Morgan fingerprint density at radius 3 is 2.16 bits per heavy atom. The number of hydrogen-bond donors (Lipinski definition) is 0. The van der Waals surface area contributed by atoms with Crippen LogP contribution in [0.2, 0.25) is 0 Å². The van der Waals surface area contributed by atoms with Gasteiger partial charge in [0.25, 0.3) is 0 Å². The van der Waals surface area contributed by atoms with Gasteiger partial charge in [0.2, 0.25) is 0 Å². The minimum Gasteiger partial charge on any atom is -0.445 e. The van der Waals surface area contributed by atoms with Crippen molar-refractivity contribution < 1.29 is 77.8 Å². The van der Waals surface area contributed by atoms with E-state index in [2.05, 4.69) is 4.74 Å². The van der Waals surface area contributed by atoms with Crippen molar-refractivity contribution in [2.24, 2.45) is 0 Å². The van der Waals surface area contributed by atoms with Crippen molar-refractivity contribution in [1.29, 1.82) is 0 Å². The molecule has 2 rings (SSSR count). The average molecular weight is 300 g/mol. The van der Waals surface area contributed by atoms with Gasteiger partial charge in [0.05, 0.1) is 5.75 Å². The number of hydrogen-bond acceptors (Lipinski definition) is 1. The van der Waals surface area contributed by atoms with E-state index in [-0.39, 0.29) is 56.8 Å². The topological polar surface area (TPSA) is 9.23 Å². The van der Waals surface area contributed by atoms with E-state index in [1.807, 2.05) is 0 Å². The Morgan fingerprint density at radius 2 is 1.58 bits per heavy atom. The molecule has 0 atom stereocenters. The second-order valence-corrected chi connectivity index (χ2v) is 3.65. The Balaban J connectivity index is 0.00000180. The first-order valence-electron chi connectivity index (χ1n) is 5.06. The van der Waals surface area contributed by atoms with Gasteiger partial charge >= 0.3 is 65.0 Å². The van der Waals surface area contributed by atoms with E-state index in [4.69, 9.17) is 0 Å². The van der Waals surface area contributed by atoms with Crippen LogP contribution in [0, 0.1) is 0 Å². The fourth-order valence-electron chi connectivity index (χ4n) is 1.81. The van der Waals surface area contributed by atoms with Crippen LogP contribution >= 0.6 is 0 Å². The molecule has 0 spiro atoms. The van der Waals surface area contributed by atoms with Crippen molar-refractivity contribution in [1.82, 2.24) is 0 Å². The molecular formula is C11H7BF5KO. The molecule has 0 aliphatic rings. The molecule has 0 saturated heterocycles. The van der Waals surface area contributed by atoms with Gasteiger partial charge in [-0.15, -0.1) is 0 Å². The fraction of sp³-hybridized carbons (Fsp3) is 0.0909. The molecule has 0 saturated carbocycles. The molecule has 0 amide bonds. The summed E-state index contributed by atoms with van der Waals surface area (Å²) >= 11 is 0. The number of fused-ring (bicyclic) bond motifs is 1. The van der Waals surface area contributed by atoms with Gasteiger partial charge in [0, 0.05) is 0 Å². The molecular weight excluding hydrogens is 293 g/mol. The van der Waals surface area contributed by atoms with Crippen LogP contribution in [-0.2, 0) is 0 Å². The minimum atomic E-state index is -5.44. The first-order valence-corrected chi connectivity index (χ1v) is 5.06. The molecule has 0 aromatic heterocycles. The molecule has 2 aromatic carbocycles. The van der Waals surface area contributed by atoms with Crippen molar-refractivity contribution in [3.05, 3.63) is 36.4 Å². The SMILES string of the molecule is FC(F)Oc1ccc2ccccc2c1[B-](F)(F)F.[K+]. The van der Waals surface area contributed by atoms with Crippen molar-refractivity contribution in [2.45, 2.75) is 6.61 Å². The fourth-order valence-corrected chi connectivity index (χ4v) is 1.81. The van der Waals surface area contributed by atoms with Crippen molar-refractivity contribution >= 4 is 23.2 Å². The van der Waals surface area contributed by atoms with Gasteiger partial charge in [-0.1, -0.05) is 35.8 Å². The van der Waals surface area contributed by atoms with E-state index in [1.165, 1.54) is 24.3 Å². The van der Waals surface area contributed by atoms with E-state index in [0.717, 1.165) is 6.07 Å². The number of rotatable bonds is 3. The van der Waals surface area contributed by atoms with Gasteiger partial charge in [-0.2, -0.15) is 8.78 Å². The number of ether oxygens (including phenoxy) is 1. The van der Waals surface area contributed by atoms with Gasteiger partial charge in [0.15, 0.2) is 0 Å². The third-order valence-electron chi connectivity index (χ3n) is 2.47. The van der Waals surface area contributed by atoms with E-state index < -0.39 is 24.8 Å². The van der Waals surface area contributed by atoms with E-state index in [0.29, 0.717) is 5.39 Å². The smallest absolute Gasteiger partial charge is 0.445 e. The van der Waals surface area contributed by atoms with Crippen molar-refractivity contribution in [2.75, 3.05) is 0 Å². The Morgan fingerprint density at radius 1 is 0.947 bits per heavy atom. The zero-order valence-electron chi connectivity index (χ0n) is 9.92. The van der Waals surface area contributed by atoms with E-state index in [9.17, 15) is 21.7 Å². The normalized spacial score (nSPS) is 11.5. The molecule has 0 fully saturated rings. The van der Waals surface area contributed by atoms with Crippen molar-refractivity contribution in [3.8, 4) is 5.75 Å². The summed E-state index contributed by atoms with van der Waals surface area (Å²) in [4.78, 5) is 0. The van der Waals surface area contributed by atoms with Crippen LogP contribution in [0.4, 0.5) is 21.7 Å². The molecule has 0 heterocycles. The molecule has 0 aliphatic heterocycles. The summed E-state index contributed by atoms with van der Waals surface area (Å²) in [5.41, 5.74) is -1.12. The standard InChI is InChI=1S/C11H7BF5O.K/c13-11(14)18-9-6-5-7-3-1-2-4-8(7)10(9)12(15,16)17;/h1-6,11H;/q-1;+1. The van der Waals surface area contributed by atoms with Crippen molar-refractivity contribution in [3.63, 3.8) is 0 Å². The average Bonchev–Trinajstić information content (AvgIpc) is 2.26. The second-order valence-electron chi connectivity index (χ2n) is 3.65. The Hall–Kier alpha value is -0.149. The van der Waals surface area contributed by atoms with Gasteiger partial charge in [-0.25, -0.2) is 0 Å². The maximum atomic E-state index is 13.0. The molecule has 0 unspecified atom stereocenters.